The Morgan fingerprint density at radius 3 is 2.67 bits per heavy atom. The van der Waals surface area contributed by atoms with Crippen LogP contribution in [0.4, 0.5) is 0 Å². The summed E-state index contributed by atoms with van der Waals surface area (Å²) in [5.74, 6) is 0.428. The standard InChI is InChI=1S/C11H15O/c1-4-5-10-7-6-8(2)11(12)9(10)3/h6,12H,4-5H2,1-3H3. The topological polar surface area (TPSA) is 20.2 Å². The molecule has 0 saturated heterocycles. The molecule has 1 heteroatoms. The number of hydrogen-bond donors (Lipinski definition) is 1. The van der Waals surface area contributed by atoms with Crippen LogP contribution in [0.25, 0.3) is 0 Å². The van der Waals surface area contributed by atoms with Crippen LogP contribution in [0.2, 0.25) is 0 Å². The fourth-order valence-electron chi connectivity index (χ4n) is 1.32. The third-order valence-electron chi connectivity index (χ3n) is 2.14. The molecule has 12 heavy (non-hydrogen) atoms. The van der Waals surface area contributed by atoms with Gasteiger partial charge in [-0.1, -0.05) is 13.3 Å². The molecule has 0 aliphatic rings. The zero-order valence-corrected chi connectivity index (χ0v) is 7.94. The molecular weight excluding hydrogens is 148 g/mol. The van der Waals surface area contributed by atoms with E-state index < -0.39 is 0 Å². The number of hydrogen-bond acceptors (Lipinski definition) is 1. The van der Waals surface area contributed by atoms with E-state index in [9.17, 15) is 5.11 Å². The highest BCUT2D eigenvalue weighted by Gasteiger charge is 2.04. The lowest BCUT2D eigenvalue weighted by Gasteiger charge is -2.07. The number of aryl methyl sites for hydroxylation is 2. The molecule has 0 saturated carbocycles. The summed E-state index contributed by atoms with van der Waals surface area (Å²) in [7, 11) is 0. The van der Waals surface area contributed by atoms with Crippen LogP contribution in [0.5, 0.6) is 5.75 Å². The van der Waals surface area contributed by atoms with E-state index in [2.05, 4.69) is 13.0 Å². The first-order chi connectivity index (χ1) is 5.66. The van der Waals surface area contributed by atoms with E-state index in [0.29, 0.717) is 5.75 Å². The molecule has 0 heterocycles. The maximum atomic E-state index is 9.59. The van der Waals surface area contributed by atoms with Crippen LogP contribution < -0.4 is 0 Å². The Labute approximate surface area is 74.1 Å². The van der Waals surface area contributed by atoms with Crippen molar-refractivity contribution >= 4 is 0 Å². The first-order valence-corrected chi connectivity index (χ1v) is 4.36. The van der Waals surface area contributed by atoms with Gasteiger partial charge in [-0.05, 0) is 49.1 Å². The molecule has 1 radical (unpaired) electrons. The molecule has 0 spiro atoms. The van der Waals surface area contributed by atoms with Crippen molar-refractivity contribution in [1.82, 2.24) is 0 Å². The van der Waals surface area contributed by atoms with Gasteiger partial charge in [0.15, 0.2) is 0 Å². The van der Waals surface area contributed by atoms with Gasteiger partial charge in [0.05, 0.1) is 0 Å². The average molecular weight is 163 g/mol. The lowest BCUT2D eigenvalue weighted by atomic mass is 10.0. The van der Waals surface area contributed by atoms with Crippen molar-refractivity contribution < 1.29 is 5.11 Å². The molecule has 0 aliphatic heterocycles. The average Bonchev–Trinajstić information content (AvgIpc) is 2.07. The molecule has 0 atom stereocenters. The molecule has 0 aliphatic carbocycles. The predicted molar refractivity (Wildman–Crippen MR) is 50.4 cm³/mol. The van der Waals surface area contributed by atoms with Crippen molar-refractivity contribution in [2.24, 2.45) is 0 Å². The van der Waals surface area contributed by atoms with Crippen molar-refractivity contribution in [3.63, 3.8) is 0 Å². The summed E-state index contributed by atoms with van der Waals surface area (Å²) >= 11 is 0. The Bertz CT molecular complexity index is 277. The highest BCUT2D eigenvalue weighted by atomic mass is 16.3. The fraction of sp³-hybridized carbons (Fsp3) is 0.455. The zero-order valence-electron chi connectivity index (χ0n) is 7.94. The number of aromatic hydroxyl groups is 1. The van der Waals surface area contributed by atoms with E-state index in [1.807, 2.05) is 19.9 Å². The summed E-state index contributed by atoms with van der Waals surface area (Å²) in [5, 5.41) is 9.59. The molecule has 0 aromatic heterocycles. The van der Waals surface area contributed by atoms with Crippen LogP contribution in [0, 0.1) is 19.9 Å². The predicted octanol–water partition coefficient (Wildman–Crippen LogP) is 2.76. The summed E-state index contributed by atoms with van der Waals surface area (Å²) in [6.45, 7) is 5.97. The number of rotatable bonds is 2. The van der Waals surface area contributed by atoms with Gasteiger partial charge in [0.25, 0.3) is 0 Å². The Balaban J connectivity index is 3.08. The molecular formula is C11H15O. The largest absolute Gasteiger partial charge is 0.507 e. The number of phenolic OH excluding ortho intramolecular Hbond substituents is 1. The van der Waals surface area contributed by atoms with Crippen LogP contribution in [0.15, 0.2) is 6.07 Å². The normalized spacial score (nSPS) is 10.2. The molecule has 0 amide bonds. The quantitative estimate of drug-likeness (QED) is 0.710. The van der Waals surface area contributed by atoms with Gasteiger partial charge in [-0.3, -0.25) is 0 Å². The first kappa shape index (κ1) is 9.11. The molecule has 65 valence electrons. The third kappa shape index (κ3) is 1.60. The smallest absolute Gasteiger partial charge is 0.121 e. The highest BCUT2D eigenvalue weighted by Crippen LogP contribution is 2.24. The summed E-state index contributed by atoms with van der Waals surface area (Å²) in [4.78, 5) is 0. The van der Waals surface area contributed by atoms with Gasteiger partial charge in [-0.2, -0.15) is 0 Å². The number of benzene rings is 1. The minimum Gasteiger partial charge on any atom is -0.507 e. The van der Waals surface area contributed by atoms with Gasteiger partial charge < -0.3 is 5.11 Å². The van der Waals surface area contributed by atoms with Crippen molar-refractivity contribution in [3.05, 3.63) is 28.8 Å². The van der Waals surface area contributed by atoms with Crippen LogP contribution >= 0.6 is 0 Å². The zero-order chi connectivity index (χ0) is 9.14. The maximum Gasteiger partial charge on any atom is 0.121 e. The van der Waals surface area contributed by atoms with Crippen molar-refractivity contribution in [3.8, 4) is 5.75 Å². The second-order valence-corrected chi connectivity index (χ2v) is 3.17. The van der Waals surface area contributed by atoms with Crippen LogP contribution in [0.3, 0.4) is 0 Å². The molecule has 0 bridgehead atoms. The Kier molecular flexibility index (Phi) is 2.74. The van der Waals surface area contributed by atoms with E-state index >= 15 is 0 Å². The lowest BCUT2D eigenvalue weighted by Crippen LogP contribution is -1.90. The minimum atomic E-state index is 0.428. The molecule has 0 fully saturated rings. The van der Waals surface area contributed by atoms with Gasteiger partial charge >= 0.3 is 0 Å². The van der Waals surface area contributed by atoms with Crippen molar-refractivity contribution in [2.75, 3.05) is 0 Å². The van der Waals surface area contributed by atoms with Gasteiger partial charge in [-0.15, -0.1) is 0 Å². The number of phenols is 1. The highest BCUT2D eigenvalue weighted by molar-refractivity contribution is 5.43. The summed E-state index contributed by atoms with van der Waals surface area (Å²) in [6, 6.07) is 5.04. The van der Waals surface area contributed by atoms with Crippen LogP contribution in [-0.2, 0) is 6.42 Å². The van der Waals surface area contributed by atoms with Crippen molar-refractivity contribution in [1.29, 1.82) is 0 Å². The Hall–Kier alpha value is -0.980. The van der Waals surface area contributed by atoms with E-state index in [1.54, 1.807) is 0 Å². The summed E-state index contributed by atoms with van der Waals surface area (Å²) < 4.78 is 0. The van der Waals surface area contributed by atoms with Crippen LogP contribution in [0.1, 0.15) is 30.0 Å². The second-order valence-electron chi connectivity index (χ2n) is 3.17. The summed E-state index contributed by atoms with van der Waals surface area (Å²) in [5.41, 5.74) is 3.03. The molecule has 1 N–H and O–H groups in total. The minimum absolute atomic E-state index is 0.428. The SMILES string of the molecule is CCCc1[c]cc(C)c(O)c1C. The second kappa shape index (κ2) is 3.61. The maximum absolute atomic E-state index is 9.59. The molecule has 0 unspecified atom stereocenters. The Morgan fingerprint density at radius 1 is 1.42 bits per heavy atom. The fourth-order valence-corrected chi connectivity index (χ4v) is 1.32. The monoisotopic (exact) mass is 163 g/mol. The molecule has 1 aromatic rings. The van der Waals surface area contributed by atoms with E-state index in [4.69, 9.17) is 0 Å². The van der Waals surface area contributed by atoms with Gasteiger partial charge in [0.1, 0.15) is 5.75 Å². The van der Waals surface area contributed by atoms with E-state index in [-0.39, 0.29) is 0 Å². The van der Waals surface area contributed by atoms with Gasteiger partial charge in [0, 0.05) is 0 Å². The van der Waals surface area contributed by atoms with Crippen LogP contribution in [-0.4, -0.2) is 5.11 Å². The molecule has 1 rings (SSSR count). The lowest BCUT2D eigenvalue weighted by molar-refractivity contribution is 0.465. The van der Waals surface area contributed by atoms with Gasteiger partial charge in [0.2, 0.25) is 0 Å². The Morgan fingerprint density at radius 2 is 2.08 bits per heavy atom. The van der Waals surface area contributed by atoms with Gasteiger partial charge in [-0.25, -0.2) is 0 Å². The summed E-state index contributed by atoms with van der Waals surface area (Å²) in [6.07, 6.45) is 2.10. The molecule has 1 aromatic carbocycles. The van der Waals surface area contributed by atoms with E-state index in [0.717, 1.165) is 29.5 Å². The third-order valence-corrected chi connectivity index (χ3v) is 2.14. The van der Waals surface area contributed by atoms with Crippen molar-refractivity contribution in [2.45, 2.75) is 33.6 Å². The first-order valence-electron chi connectivity index (χ1n) is 4.36. The van der Waals surface area contributed by atoms with E-state index in [1.165, 1.54) is 0 Å². The molecule has 1 nitrogen and oxygen atoms in total.